The second-order valence-electron chi connectivity index (χ2n) is 3.90. The van der Waals surface area contributed by atoms with Gasteiger partial charge in [0, 0.05) is 13.2 Å². The summed E-state index contributed by atoms with van der Waals surface area (Å²) >= 11 is 0. The van der Waals surface area contributed by atoms with Gasteiger partial charge in [-0.25, -0.2) is 0 Å². The van der Waals surface area contributed by atoms with Gasteiger partial charge in [-0.1, -0.05) is 6.92 Å². The summed E-state index contributed by atoms with van der Waals surface area (Å²) in [5.41, 5.74) is 0. The van der Waals surface area contributed by atoms with Gasteiger partial charge in [0.2, 0.25) is 5.91 Å². The molecular formula is C11H19NO4. The predicted molar refractivity (Wildman–Crippen MR) is 57.8 cm³/mol. The van der Waals surface area contributed by atoms with E-state index in [2.05, 4.69) is 5.32 Å². The van der Waals surface area contributed by atoms with E-state index < -0.39 is 0 Å². The zero-order valence-corrected chi connectivity index (χ0v) is 9.82. The average molecular weight is 229 g/mol. The number of rotatable bonds is 5. The minimum absolute atomic E-state index is 0.130. The first kappa shape index (κ1) is 13.0. The lowest BCUT2D eigenvalue weighted by molar-refractivity contribution is -0.143. The van der Waals surface area contributed by atoms with Gasteiger partial charge in [0.25, 0.3) is 0 Å². The molecule has 0 aromatic rings. The second-order valence-corrected chi connectivity index (χ2v) is 3.90. The van der Waals surface area contributed by atoms with Crippen LogP contribution >= 0.6 is 0 Å². The predicted octanol–water partition coefficient (Wildman–Crippen LogP) is 0.481. The number of hydrogen-bond donors (Lipinski definition) is 1. The van der Waals surface area contributed by atoms with E-state index in [4.69, 9.17) is 9.47 Å². The van der Waals surface area contributed by atoms with Crippen molar-refractivity contribution in [2.24, 2.45) is 5.92 Å². The van der Waals surface area contributed by atoms with E-state index in [-0.39, 0.29) is 30.3 Å². The van der Waals surface area contributed by atoms with Crippen molar-refractivity contribution in [2.75, 3.05) is 19.8 Å². The first-order chi connectivity index (χ1) is 7.65. The van der Waals surface area contributed by atoms with Crippen molar-refractivity contribution in [1.29, 1.82) is 0 Å². The molecular weight excluding hydrogens is 210 g/mol. The highest BCUT2D eigenvalue weighted by molar-refractivity contribution is 5.81. The third-order valence-corrected chi connectivity index (χ3v) is 2.58. The smallest absolute Gasteiger partial charge is 0.307 e. The van der Waals surface area contributed by atoms with E-state index in [1.54, 1.807) is 6.92 Å². The summed E-state index contributed by atoms with van der Waals surface area (Å²) in [6.45, 7) is 5.06. The molecule has 5 heteroatoms. The van der Waals surface area contributed by atoms with Crippen LogP contribution in [0.3, 0.4) is 0 Å². The van der Waals surface area contributed by atoms with Crippen molar-refractivity contribution >= 4 is 11.9 Å². The quantitative estimate of drug-likeness (QED) is 0.696. The normalized spacial score (nSPS) is 24.1. The van der Waals surface area contributed by atoms with Gasteiger partial charge in [-0.15, -0.1) is 0 Å². The highest BCUT2D eigenvalue weighted by Crippen LogP contribution is 2.19. The molecule has 1 fully saturated rings. The molecule has 1 amide bonds. The highest BCUT2D eigenvalue weighted by atomic mass is 16.5. The lowest BCUT2D eigenvalue weighted by Gasteiger charge is -2.14. The standard InChI is InChI=1S/C11H19NO4/c1-3-15-9(13)4-6-12-11(14)10-8(2)5-7-16-10/h8,10H,3-7H2,1-2H3,(H,12,14). The van der Waals surface area contributed by atoms with Gasteiger partial charge >= 0.3 is 5.97 Å². The maximum atomic E-state index is 11.6. The van der Waals surface area contributed by atoms with Crippen LogP contribution in [0, 0.1) is 5.92 Å². The van der Waals surface area contributed by atoms with Crippen LogP contribution in [0.4, 0.5) is 0 Å². The number of amides is 1. The minimum Gasteiger partial charge on any atom is -0.466 e. The molecule has 1 aliphatic heterocycles. The summed E-state index contributed by atoms with van der Waals surface area (Å²) in [6.07, 6.45) is 0.763. The molecule has 0 aliphatic carbocycles. The van der Waals surface area contributed by atoms with Gasteiger partial charge in [0.05, 0.1) is 13.0 Å². The lowest BCUT2D eigenvalue weighted by Crippen LogP contribution is -2.38. The van der Waals surface area contributed by atoms with Gasteiger partial charge in [-0.05, 0) is 19.3 Å². The largest absolute Gasteiger partial charge is 0.466 e. The van der Waals surface area contributed by atoms with E-state index in [0.29, 0.717) is 19.8 Å². The Balaban J connectivity index is 2.17. The third kappa shape index (κ3) is 3.81. The molecule has 0 saturated carbocycles. The molecule has 2 atom stereocenters. The fourth-order valence-electron chi connectivity index (χ4n) is 1.65. The molecule has 1 heterocycles. The van der Waals surface area contributed by atoms with Crippen LogP contribution in [0.15, 0.2) is 0 Å². The molecule has 0 spiro atoms. The second kappa shape index (κ2) is 6.48. The molecule has 5 nitrogen and oxygen atoms in total. The maximum absolute atomic E-state index is 11.6. The van der Waals surface area contributed by atoms with Crippen LogP contribution in [-0.2, 0) is 19.1 Å². The third-order valence-electron chi connectivity index (χ3n) is 2.58. The lowest BCUT2D eigenvalue weighted by atomic mass is 10.0. The Kier molecular flexibility index (Phi) is 5.25. The van der Waals surface area contributed by atoms with Crippen molar-refractivity contribution in [1.82, 2.24) is 5.32 Å². The average Bonchev–Trinajstić information content (AvgIpc) is 2.64. The van der Waals surface area contributed by atoms with Gasteiger partial charge in [-0.3, -0.25) is 9.59 Å². The Bertz CT molecular complexity index is 254. The Morgan fingerprint density at radius 3 is 2.81 bits per heavy atom. The Hall–Kier alpha value is -1.10. The van der Waals surface area contributed by atoms with Crippen molar-refractivity contribution in [2.45, 2.75) is 32.8 Å². The number of ether oxygens (including phenoxy) is 2. The fourth-order valence-corrected chi connectivity index (χ4v) is 1.65. The molecule has 0 aromatic heterocycles. The highest BCUT2D eigenvalue weighted by Gasteiger charge is 2.30. The molecule has 16 heavy (non-hydrogen) atoms. The molecule has 1 rings (SSSR count). The maximum Gasteiger partial charge on any atom is 0.307 e. The number of carbonyl (C=O) groups is 2. The molecule has 0 aromatic carbocycles. The summed E-state index contributed by atoms with van der Waals surface area (Å²) in [5, 5.41) is 2.68. The van der Waals surface area contributed by atoms with Crippen LogP contribution in [0.1, 0.15) is 26.7 Å². The van der Waals surface area contributed by atoms with E-state index in [1.807, 2.05) is 6.92 Å². The van der Waals surface area contributed by atoms with Crippen LogP contribution in [0.5, 0.6) is 0 Å². The topological polar surface area (TPSA) is 64.6 Å². The van der Waals surface area contributed by atoms with Crippen molar-refractivity contribution in [3.05, 3.63) is 0 Å². The summed E-state index contributed by atoms with van der Waals surface area (Å²) < 4.78 is 10.1. The molecule has 0 radical (unpaired) electrons. The number of nitrogens with one attached hydrogen (secondary N) is 1. The Morgan fingerprint density at radius 1 is 1.50 bits per heavy atom. The van der Waals surface area contributed by atoms with Gasteiger partial charge in [-0.2, -0.15) is 0 Å². The van der Waals surface area contributed by atoms with E-state index in [0.717, 1.165) is 6.42 Å². The zero-order valence-electron chi connectivity index (χ0n) is 9.82. The number of carbonyl (C=O) groups excluding carboxylic acids is 2. The molecule has 1 aliphatic rings. The molecule has 0 bridgehead atoms. The van der Waals surface area contributed by atoms with Gasteiger partial charge in [0.15, 0.2) is 0 Å². The van der Waals surface area contributed by atoms with E-state index in [1.165, 1.54) is 0 Å². The minimum atomic E-state index is -0.359. The van der Waals surface area contributed by atoms with Crippen LogP contribution in [-0.4, -0.2) is 37.7 Å². The molecule has 2 unspecified atom stereocenters. The SMILES string of the molecule is CCOC(=O)CCNC(=O)C1OCCC1C. The first-order valence-corrected chi connectivity index (χ1v) is 5.70. The monoisotopic (exact) mass is 229 g/mol. The van der Waals surface area contributed by atoms with E-state index >= 15 is 0 Å². The summed E-state index contributed by atoms with van der Waals surface area (Å²) in [5.74, 6) is -0.167. The Morgan fingerprint density at radius 2 is 2.25 bits per heavy atom. The summed E-state index contributed by atoms with van der Waals surface area (Å²) in [6, 6.07) is 0. The van der Waals surface area contributed by atoms with Gasteiger partial charge < -0.3 is 14.8 Å². The number of esters is 1. The van der Waals surface area contributed by atoms with Crippen LogP contribution in [0.2, 0.25) is 0 Å². The Labute approximate surface area is 95.5 Å². The molecule has 1 N–H and O–H groups in total. The van der Waals surface area contributed by atoms with Crippen molar-refractivity contribution < 1.29 is 19.1 Å². The summed E-state index contributed by atoms with van der Waals surface area (Å²) in [4.78, 5) is 22.6. The fraction of sp³-hybridized carbons (Fsp3) is 0.818. The van der Waals surface area contributed by atoms with Crippen molar-refractivity contribution in [3.63, 3.8) is 0 Å². The van der Waals surface area contributed by atoms with Crippen LogP contribution in [0.25, 0.3) is 0 Å². The van der Waals surface area contributed by atoms with Crippen LogP contribution < -0.4 is 5.32 Å². The zero-order chi connectivity index (χ0) is 12.0. The van der Waals surface area contributed by atoms with Crippen molar-refractivity contribution in [3.8, 4) is 0 Å². The van der Waals surface area contributed by atoms with E-state index in [9.17, 15) is 9.59 Å². The molecule has 1 saturated heterocycles. The first-order valence-electron chi connectivity index (χ1n) is 5.70. The number of hydrogen-bond acceptors (Lipinski definition) is 4. The molecule has 92 valence electrons. The van der Waals surface area contributed by atoms with Gasteiger partial charge in [0.1, 0.15) is 6.10 Å². The summed E-state index contributed by atoms with van der Waals surface area (Å²) in [7, 11) is 0.